The second-order valence-corrected chi connectivity index (χ2v) is 6.88. The van der Waals surface area contributed by atoms with Crippen LogP contribution >= 0.6 is 11.3 Å². The van der Waals surface area contributed by atoms with E-state index >= 15 is 0 Å². The van der Waals surface area contributed by atoms with E-state index in [-0.39, 0.29) is 0 Å². The molecule has 1 heterocycles. The van der Waals surface area contributed by atoms with Crippen LogP contribution in [0, 0.1) is 13.8 Å². The summed E-state index contributed by atoms with van der Waals surface area (Å²) >= 11 is 1.72. The highest BCUT2D eigenvalue weighted by molar-refractivity contribution is 7.11. The summed E-state index contributed by atoms with van der Waals surface area (Å²) in [5.41, 5.74) is 3.16. The van der Waals surface area contributed by atoms with E-state index in [1.807, 2.05) is 6.92 Å². The van der Waals surface area contributed by atoms with Gasteiger partial charge in [-0.25, -0.2) is 4.98 Å². The minimum atomic E-state index is -0.620. The lowest BCUT2D eigenvalue weighted by Gasteiger charge is -2.33. The first-order valence-corrected chi connectivity index (χ1v) is 7.59. The molecule has 0 bridgehead atoms. The number of thiazole rings is 1. The van der Waals surface area contributed by atoms with Crippen LogP contribution < -0.4 is 0 Å². The summed E-state index contributed by atoms with van der Waals surface area (Å²) in [6.45, 7) is 4.13. The smallest absolute Gasteiger partial charge is 0.0959 e. The van der Waals surface area contributed by atoms with Crippen molar-refractivity contribution in [3.05, 3.63) is 51.0 Å². The van der Waals surface area contributed by atoms with Crippen molar-refractivity contribution in [1.29, 1.82) is 0 Å². The van der Waals surface area contributed by atoms with Gasteiger partial charge in [0, 0.05) is 17.7 Å². The maximum Gasteiger partial charge on any atom is 0.0959 e. The maximum atomic E-state index is 10.8. The number of fused-ring (bicyclic) bond motifs is 1. The van der Waals surface area contributed by atoms with Gasteiger partial charge in [-0.1, -0.05) is 24.3 Å². The quantitative estimate of drug-likeness (QED) is 0.911. The molecule has 0 aliphatic heterocycles. The van der Waals surface area contributed by atoms with Gasteiger partial charge in [0.15, 0.2) is 0 Å². The Bertz CT molecular complexity index is 585. The summed E-state index contributed by atoms with van der Waals surface area (Å²) < 4.78 is 0. The Morgan fingerprint density at radius 2 is 2.00 bits per heavy atom. The van der Waals surface area contributed by atoms with Crippen LogP contribution in [0.2, 0.25) is 0 Å². The number of hydrogen-bond acceptors (Lipinski definition) is 3. The SMILES string of the molecule is Cc1nc(CC2(O)CCc3ccccc3C2)sc1C. The standard InChI is InChI=1S/C16H19NOS/c1-11-12(2)19-15(17-11)10-16(18)8-7-13-5-3-4-6-14(13)9-16/h3-6,18H,7-10H2,1-2H3. The van der Waals surface area contributed by atoms with E-state index in [9.17, 15) is 5.11 Å². The molecular formula is C16H19NOS. The minimum absolute atomic E-state index is 0.620. The summed E-state index contributed by atoms with van der Waals surface area (Å²) in [6.07, 6.45) is 3.24. The van der Waals surface area contributed by atoms with Crippen LogP contribution in [-0.4, -0.2) is 15.7 Å². The molecule has 1 aromatic heterocycles. The first-order chi connectivity index (χ1) is 9.06. The number of hydrogen-bond donors (Lipinski definition) is 1. The van der Waals surface area contributed by atoms with E-state index in [0.717, 1.165) is 30.0 Å². The van der Waals surface area contributed by atoms with Crippen LogP contribution in [0.25, 0.3) is 0 Å². The summed E-state index contributed by atoms with van der Waals surface area (Å²) in [7, 11) is 0. The van der Waals surface area contributed by atoms with E-state index in [2.05, 4.69) is 36.2 Å². The monoisotopic (exact) mass is 273 g/mol. The Labute approximate surface area is 118 Å². The molecular weight excluding hydrogens is 254 g/mol. The van der Waals surface area contributed by atoms with Gasteiger partial charge in [-0.15, -0.1) is 11.3 Å². The van der Waals surface area contributed by atoms with Gasteiger partial charge in [0.1, 0.15) is 0 Å². The van der Waals surface area contributed by atoms with Gasteiger partial charge >= 0.3 is 0 Å². The third-order valence-electron chi connectivity index (χ3n) is 4.05. The zero-order chi connectivity index (χ0) is 13.5. The Morgan fingerprint density at radius 1 is 1.26 bits per heavy atom. The lowest BCUT2D eigenvalue weighted by Crippen LogP contribution is -2.38. The summed E-state index contributed by atoms with van der Waals surface area (Å²) in [6, 6.07) is 8.45. The highest BCUT2D eigenvalue weighted by Gasteiger charge is 2.33. The number of benzene rings is 1. The number of aromatic nitrogens is 1. The Morgan fingerprint density at radius 3 is 2.68 bits per heavy atom. The Kier molecular flexibility index (Phi) is 3.19. The first-order valence-electron chi connectivity index (χ1n) is 6.78. The molecule has 0 radical (unpaired) electrons. The van der Waals surface area contributed by atoms with Crippen LogP contribution in [0.3, 0.4) is 0 Å². The number of aryl methyl sites for hydroxylation is 3. The lowest BCUT2D eigenvalue weighted by atomic mass is 9.79. The average Bonchev–Trinajstić information content (AvgIpc) is 2.67. The van der Waals surface area contributed by atoms with Crippen LogP contribution in [0.5, 0.6) is 0 Å². The molecule has 100 valence electrons. The zero-order valence-corrected chi connectivity index (χ0v) is 12.3. The van der Waals surface area contributed by atoms with Gasteiger partial charge in [0.05, 0.1) is 16.3 Å². The molecule has 3 heteroatoms. The molecule has 1 aliphatic carbocycles. The van der Waals surface area contributed by atoms with E-state index in [1.54, 1.807) is 11.3 Å². The molecule has 0 amide bonds. The number of nitrogens with zero attached hydrogens (tertiary/aromatic N) is 1. The van der Waals surface area contributed by atoms with Gasteiger partial charge in [-0.3, -0.25) is 0 Å². The van der Waals surface area contributed by atoms with Crippen molar-refractivity contribution in [2.45, 2.75) is 45.1 Å². The van der Waals surface area contributed by atoms with Crippen molar-refractivity contribution < 1.29 is 5.11 Å². The van der Waals surface area contributed by atoms with Crippen molar-refractivity contribution in [1.82, 2.24) is 4.98 Å². The fourth-order valence-electron chi connectivity index (χ4n) is 2.83. The third kappa shape index (κ3) is 2.58. The molecule has 2 nitrogen and oxygen atoms in total. The van der Waals surface area contributed by atoms with E-state index in [1.165, 1.54) is 16.0 Å². The molecule has 1 atom stereocenters. The Hall–Kier alpha value is -1.19. The molecule has 0 spiro atoms. The minimum Gasteiger partial charge on any atom is -0.389 e. The summed E-state index contributed by atoms with van der Waals surface area (Å²) in [4.78, 5) is 5.82. The molecule has 0 fully saturated rings. The van der Waals surface area contributed by atoms with Crippen molar-refractivity contribution in [3.8, 4) is 0 Å². The molecule has 19 heavy (non-hydrogen) atoms. The second kappa shape index (κ2) is 4.73. The topological polar surface area (TPSA) is 33.1 Å². The predicted molar refractivity (Wildman–Crippen MR) is 78.7 cm³/mol. The lowest BCUT2D eigenvalue weighted by molar-refractivity contribution is 0.0267. The predicted octanol–water partition coefficient (Wildman–Crippen LogP) is 3.22. The molecule has 1 aliphatic rings. The van der Waals surface area contributed by atoms with Crippen LogP contribution in [-0.2, 0) is 19.3 Å². The molecule has 1 unspecified atom stereocenters. The fraction of sp³-hybridized carbons (Fsp3) is 0.438. The van der Waals surface area contributed by atoms with Crippen LogP contribution in [0.15, 0.2) is 24.3 Å². The highest BCUT2D eigenvalue weighted by atomic mass is 32.1. The van der Waals surface area contributed by atoms with E-state index in [4.69, 9.17) is 0 Å². The summed E-state index contributed by atoms with van der Waals surface area (Å²) in [5.74, 6) is 0. The second-order valence-electron chi connectivity index (χ2n) is 5.60. The van der Waals surface area contributed by atoms with Gasteiger partial charge < -0.3 is 5.11 Å². The summed E-state index contributed by atoms with van der Waals surface area (Å²) in [5, 5.41) is 11.9. The fourth-order valence-corrected chi connectivity index (χ4v) is 3.90. The highest BCUT2D eigenvalue weighted by Crippen LogP contribution is 2.32. The van der Waals surface area contributed by atoms with Crippen molar-refractivity contribution in [2.24, 2.45) is 0 Å². The first kappa shape index (κ1) is 12.8. The van der Waals surface area contributed by atoms with Gasteiger partial charge in [-0.2, -0.15) is 0 Å². The van der Waals surface area contributed by atoms with Crippen LogP contribution in [0.4, 0.5) is 0 Å². The van der Waals surface area contributed by atoms with Gasteiger partial charge in [0.25, 0.3) is 0 Å². The zero-order valence-electron chi connectivity index (χ0n) is 11.4. The number of aliphatic hydroxyl groups is 1. The molecule has 0 saturated heterocycles. The third-order valence-corrected chi connectivity index (χ3v) is 5.12. The Balaban J connectivity index is 1.82. The largest absolute Gasteiger partial charge is 0.389 e. The van der Waals surface area contributed by atoms with E-state index < -0.39 is 5.60 Å². The van der Waals surface area contributed by atoms with E-state index in [0.29, 0.717) is 6.42 Å². The molecule has 1 N–H and O–H groups in total. The van der Waals surface area contributed by atoms with Gasteiger partial charge in [0.2, 0.25) is 0 Å². The van der Waals surface area contributed by atoms with Crippen LogP contribution in [0.1, 0.15) is 33.1 Å². The maximum absolute atomic E-state index is 10.8. The van der Waals surface area contributed by atoms with Crippen molar-refractivity contribution in [3.63, 3.8) is 0 Å². The number of rotatable bonds is 2. The molecule has 0 saturated carbocycles. The van der Waals surface area contributed by atoms with Crippen molar-refractivity contribution in [2.75, 3.05) is 0 Å². The van der Waals surface area contributed by atoms with Crippen molar-refractivity contribution >= 4 is 11.3 Å². The molecule has 2 aromatic rings. The normalized spacial score (nSPS) is 22.3. The van der Waals surface area contributed by atoms with Gasteiger partial charge in [-0.05, 0) is 37.8 Å². The molecule has 3 rings (SSSR count). The molecule has 1 aromatic carbocycles. The average molecular weight is 273 g/mol.